The molecule has 3 N–H and O–H groups in total. The van der Waals surface area contributed by atoms with Gasteiger partial charge in [-0.25, -0.2) is 4.79 Å². The maximum atomic E-state index is 12.6. The quantitative estimate of drug-likeness (QED) is 0.418. The fourth-order valence-corrected chi connectivity index (χ4v) is 3.97. The molecular weight excluding hydrogens is 420 g/mol. The Balaban J connectivity index is 1.70. The van der Waals surface area contributed by atoms with Gasteiger partial charge in [0.05, 0.1) is 0 Å². The van der Waals surface area contributed by atoms with E-state index in [1.54, 1.807) is 24.3 Å². The summed E-state index contributed by atoms with van der Waals surface area (Å²) in [7, 11) is 0. The fourth-order valence-electron chi connectivity index (χ4n) is 3.97. The number of phenols is 2. The topological polar surface area (TPSA) is 96.2 Å². The van der Waals surface area contributed by atoms with Crippen LogP contribution in [0.4, 0.5) is 0 Å². The van der Waals surface area contributed by atoms with Gasteiger partial charge in [-0.2, -0.15) is 0 Å². The van der Waals surface area contributed by atoms with Crippen LogP contribution >= 0.6 is 0 Å². The zero-order valence-corrected chi connectivity index (χ0v) is 19.2. The molecule has 2 aromatic carbocycles. The number of rotatable bonds is 4. The van der Waals surface area contributed by atoms with Gasteiger partial charge in [0.2, 0.25) is 0 Å². The number of aliphatic hydroxyl groups is 1. The molecule has 6 heteroatoms. The van der Waals surface area contributed by atoms with E-state index in [-0.39, 0.29) is 39.8 Å². The van der Waals surface area contributed by atoms with Crippen LogP contribution in [0.25, 0.3) is 11.6 Å². The second-order valence-corrected chi connectivity index (χ2v) is 9.33. The lowest BCUT2D eigenvalue weighted by atomic mass is 9.91. The number of allylic oxidation sites excluding steroid dienone is 2. The summed E-state index contributed by atoms with van der Waals surface area (Å²) in [6, 6.07) is 8.17. The van der Waals surface area contributed by atoms with Gasteiger partial charge >= 0.3 is 5.97 Å². The van der Waals surface area contributed by atoms with E-state index < -0.39 is 5.97 Å². The lowest BCUT2D eigenvalue weighted by Crippen LogP contribution is -2.32. The number of carbonyl (C=O) groups is 1. The van der Waals surface area contributed by atoms with E-state index >= 15 is 0 Å². The highest BCUT2D eigenvalue weighted by Gasteiger charge is 2.35. The number of cyclic esters (lactones) is 1. The fraction of sp³-hybridized carbons (Fsp3) is 0.296. The van der Waals surface area contributed by atoms with Gasteiger partial charge in [0.1, 0.15) is 28.4 Å². The lowest BCUT2D eigenvalue weighted by molar-refractivity contribution is -0.131. The second-order valence-electron chi connectivity index (χ2n) is 9.33. The average molecular weight is 449 g/mol. The van der Waals surface area contributed by atoms with Gasteiger partial charge in [-0.05, 0) is 87.9 Å². The largest absolute Gasteiger partial charge is 0.508 e. The smallest absolute Gasteiger partial charge is 0.348 e. The van der Waals surface area contributed by atoms with E-state index in [1.807, 2.05) is 33.8 Å². The molecule has 0 unspecified atom stereocenters. The monoisotopic (exact) mass is 448 g/mol. The van der Waals surface area contributed by atoms with Gasteiger partial charge in [0.25, 0.3) is 0 Å². The molecule has 0 aromatic heterocycles. The summed E-state index contributed by atoms with van der Waals surface area (Å²) in [6.45, 7) is 7.92. The molecule has 2 aromatic rings. The summed E-state index contributed by atoms with van der Waals surface area (Å²) >= 11 is 0. The number of ether oxygens (including phenoxy) is 2. The molecule has 0 aliphatic carbocycles. The summed E-state index contributed by atoms with van der Waals surface area (Å²) in [5.74, 6) is -0.519. The Morgan fingerprint density at radius 3 is 2.58 bits per heavy atom. The minimum atomic E-state index is -0.741. The molecule has 172 valence electrons. The van der Waals surface area contributed by atoms with Crippen LogP contribution in [0.1, 0.15) is 56.4 Å². The second kappa shape index (κ2) is 8.35. The van der Waals surface area contributed by atoms with Crippen molar-refractivity contribution < 1.29 is 29.6 Å². The van der Waals surface area contributed by atoms with Gasteiger partial charge in [0.15, 0.2) is 11.5 Å². The number of hydrogen-bond acceptors (Lipinski definition) is 6. The predicted octanol–water partition coefficient (Wildman–Crippen LogP) is 5.58. The number of carbonyl (C=O) groups excluding carboxylic acids is 1. The van der Waals surface area contributed by atoms with Crippen LogP contribution in [-0.4, -0.2) is 26.9 Å². The van der Waals surface area contributed by atoms with Gasteiger partial charge in [-0.15, -0.1) is 0 Å². The molecular formula is C27H28O6. The molecule has 0 saturated carbocycles. The first-order valence-electron chi connectivity index (χ1n) is 10.9. The SMILES string of the molecule is CC(C)=CCc1cc(C=C2OC(=O)C(c3cc4c(cc3O)OC(C)(C)CC4)=C2O)ccc1O. The molecule has 2 aliphatic heterocycles. The summed E-state index contributed by atoms with van der Waals surface area (Å²) < 4.78 is 11.3. The highest BCUT2D eigenvalue weighted by Crippen LogP contribution is 2.42. The molecule has 0 radical (unpaired) electrons. The van der Waals surface area contributed by atoms with Crippen LogP contribution in [-0.2, 0) is 22.4 Å². The normalized spacial score (nSPS) is 18.1. The zero-order chi connectivity index (χ0) is 23.9. The number of aromatic hydroxyl groups is 2. The maximum Gasteiger partial charge on any atom is 0.348 e. The van der Waals surface area contributed by atoms with E-state index in [1.165, 1.54) is 12.1 Å². The van der Waals surface area contributed by atoms with Crippen molar-refractivity contribution in [3.05, 3.63) is 75.8 Å². The first kappa shape index (κ1) is 22.5. The number of fused-ring (bicyclic) bond motifs is 1. The van der Waals surface area contributed by atoms with E-state index in [0.29, 0.717) is 23.3 Å². The lowest BCUT2D eigenvalue weighted by Gasteiger charge is -2.32. The minimum Gasteiger partial charge on any atom is -0.508 e. The number of benzene rings is 2. The molecule has 0 saturated heterocycles. The first-order valence-corrected chi connectivity index (χ1v) is 10.9. The van der Waals surface area contributed by atoms with Crippen molar-refractivity contribution in [2.45, 2.75) is 52.6 Å². The number of phenolic OH excluding ortho intramolecular Hbond substituents is 2. The Hall–Kier alpha value is -3.67. The molecule has 0 fully saturated rings. The molecule has 2 heterocycles. The first-order chi connectivity index (χ1) is 15.5. The van der Waals surface area contributed by atoms with Gasteiger partial charge in [-0.3, -0.25) is 0 Å². The van der Waals surface area contributed by atoms with Crippen molar-refractivity contribution in [3.8, 4) is 17.2 Å². The summed E-state index contributed by atoms with van der Waals surface area (Å²) in [5, 5.41) is 31.5. The van der Waals surface area contributed by atoms with E-state index in [4.69, 9.17) is 9.47 Å². The van der Waals surface area contributed by atoms with Crippen LogP contribution in [0.5, 0.6) is 17.2 Å². The van der Waals surface area contributed by atoms with Crippen molar-refractivity contribution in [1.82, 2.24) is 0 Å². The Bertz CT molecular complexity index is 1230. The number of esters is 1. The molecule has 0 spiro atoms. The number of hydrogen-bond donors (Lipinski definition) is 3. The maximum absolute atomic E-state index is 12.6. The van der Waals surface area contributed by atoms with E-state index in [0.717, 1.165) is 24.0 Å². The number of aliphatic hydroxyl groups excluding tert-OH is 1. The van der Waals surface area contributed by atoms with Crippen molar-refractivity contribution in [2.24, 2.45) is 0 Å². The van der Waals surface area contributed by atoms with Crippen LogP contribution in [0.15, 0.2) is 53.5 Å². The Morgan fingerprint density at radius 1 is 1.09 bits per heavy atom. The zero-order valence-electron chi connectivity index (χ0n) is 19.2. The standard InChI is InChI=1S/C27H28O6/c1-15(2)5-7-17-11-16(6-8-20(17)28)12-23-25(30)24(26(31)32-23)19-13-18-9-10-27(3,4)33-22(18)14-21(19)29/h5-6,8,11-14,28-30H,7,9-10H2,1-4H3. The van der Waals surface area contributed by atoms with Crippen molar-refractivity contribution in [1.29, 1.82) is 0 Å². The van der Waals surface area contributed by atoms with Crippen molar-refractivity contribution in [2.75, 3.05) is 0 Å². The van der Waals surface area contributed by atoms with Crippen LogP contribution in [0.3, 0.4) is 0 Å². The van der Waals surface area contributed by atoms with Crippen LogP contribution < -0.4 is 4.74 Å². The Morgan fingerprint density at radius 2 is 1.85 bits per heavy atom. The molecule has 4 rings (SSSR count). The van der Waals surface area contributed by atoms with Crippen LogP contribution in [0.2, 0.25) is 0 Å². The third-order valence-corrected chi connectivity index (χ3v) is 5.84. The highest BCUT2D eigenvalue weighted by atomic mass is 16.6. The van der Waals surface area contributed by atoms with Crippen molar-refractivity contribution >= 4 is 17.6 Å². The Labute approximate surface area is 193 Å². The molecule has 0 atom stereocenters. The summed E-state index contributed by atoms with van der Waals surface area (Å²) in [4.78, 5) is 12.6. The summed E-state index contributed by atoms with van der Waals surface area (Å²) in [6.07, 6.45) is 5.61. The molecule has 0 bridgehead atoms. The third kappa shape index (κ3) is 4.60. The van der Waals surface area contributed by atoms with Crippen molar-refractivity contribution in [3.63, 3.8) is 0 Å². The molecule has 2 aliphatic rings. The van der Waals surface area contributed by atoms with E-state index in [9.17, 15) is 20.1 Å². The summed E-state index contributed by atoms with van der Waals surface area (Å²) in [5.41, 5.74) is 3.15. The van der Waals surface area contributed by atoms with Gasteiger partial charge in [0, 0.05) is 11.6 Å². The number of aryl methyl sites for hydroxylation is 1. The van der Waals surface area contributed by atoms with Crippen LogP contribution in [0, 0.1) is 0 Å². The van der Waals surface area contributed by atoms with Gasteiger partial charge < -0.3 is 24.8 Å². The minimum absolute atomic E-state index is 0.0108. The third-order valence-electron chi connectivity index (χ3n) is 5.84. The Kier molecular flexibility index (Phi) is 5.70. The molecule has 0 amide bonds. The molecule has 6 nitrogen and oxygen atoms in total. The van der Waals surface area contributed by atoms with Gasteiger partial charge in [-0.1, -0.05) is 17.7 Å². The average Bonchev–Trinajstić information content (AvgIpc) is 3.00. The molecule has 33 heavy (non-hydrogen) atoms. The van der Waals surface area contributed by atoms with E-state index in [2.05, 4.69) is 0 Å². The highest BCUT2D eigenvalue weighted by molar-refractivity contribution is 6.21. The predicted molar refractivity (Wildman–Crippen MR) is 126 cm³/mol.